The third-order valence-electron chi connectivity index (χ3n) is 6.59. The van der Waals surface area contributed by atoms with Crippen molar-refractivity contribution in [1.29, 1.82) is 5.41 Å². The molecule has 3 heterocycles. The van der Waals surface area contributed by atoms with Crippen molar-refractivity contribution in [3.63, 3.8) is 0 Å². The summed E-state index contributed by atoms with van der Waals surface area (Å²) in [6.45, 7) is 5.60. The Kier molecular flexibility index (Phi) is 5.31. The lowest BCUT2D eigenvalue weighted by atomic mass is 9.65. The maximum Gasteiger partial charge on any atom is 0.320 e. The number of esters is 1. The summed E-state index contributed by atoms with van der Waals surface area (Å²) < 4.78 is 11.0. The number of pyridine rings is 1. The highest BCUT2D eigenvalue weighted by atomic mass is 16.5. The molecule has 5 rings (SSSR count). The van der Waals surface area contributed by atoms with E-state index < -0.39 is 34.7 Å². The molecule has 1 amide bonds. The van der Waals surface area contributed by atoms with E-state index in [0.29, 0.717) is 16.9 Å². The van der Waals surface area contributed by atoms with Crippen molar-refractivity contribution >= 4 is 23.5 Å². The highest BCUT2D eigenvalue weighted by Crippen LogP contribution is 2.54. The molecule has 2 aromatic carbocycles. The summed E-state index contributed by atoms with van der Waals surface area (Å²) in [5.74, 6) is -3.04. The van der Waals surface area contributed by atoms with Crippen molar-refractivity contribution in [3.05, 3.63) is 92.9 Å². The number of aromatic nitrogens is 1. The van der Waals surface area contributed by atoms with Gasteiger partial charge in [-0.3, -0.25) is 19.8 Å². The first-order chi connectivity index (χ1) is 16.8. The van der Waals surface area contributed by atoms with Crippen molar-refractivity contribution in [2.24, 2.45) is 5.92 Å². The lowest BCUT2D eigenvalue weighted by molar-refractivity contribution is -0.150. The molecule has 0 fully saturated rings. The first-order valence-corrected chi connectivity index (χ1v) is 11.4. The van der Waals surface area contributed by atoms with Crippen molar-refractivity contribution in [3.8, 4) is 5.75 Å². The van der Waals surface area contributed by atoms with Gasteiger partial charge in [0.15, 0.2) is 5.92 Å². The van der Waals surface area contributed by atoms with E-state index in [1.807, 2.05) is 31.2 Å². The van der Waals surface area contributed by atoms with E-state index in [1.165, 1.54) is 0 Å². The molecule has 0 saturated carbocycles. The number of aromatic amines is 1. The fourth-order valence-corrected chi connectivity index (χ4v) is 5.29. The van der Waals surface area contributed by atoms with Crippen LogP contribution in [0.2, 0.25) is 0 Å². The zero-order valence-corrected chi connectivity index (χ0v) is 19.7. The molecule has 2 aliphatic heterocycles. The number of para-hydroxylation sites is 1. The molecule has 0 saturated heterocycles. The number of nitrogens with zero attached hydrogens (tertiary/aromatic N) is 1. The van der Waals surface area contributed by atoms with Crippen LogP contribution in [0.15, 0.2) is 59.4 Å². The van der Waals surface area contributed by atoms with E-state index in [1.54, 1.807) is 49.1 Å². The van der Waals surface area contributed by atoms with Crippen molar-refractivity contribution in [2.75, 3.05) is 11.5 Å². The van der Waals surface area contributed by atoms with Gasteiger partial charge in [-0.15, -0.1) is 0 Å². The first kappa shape index (κ1) is 22.6. The zero-order chi connectivity index (χ0) is 24.9. The molecule has 8 heteroatoms. The fourth-order valence-electron chi connectivity index (χ4n) is 5.29. The number of fused-ring (bicyclic) bond motifs is 4. The molecule has 8 nitrogen and oxygen atoms in total. The number of carbonyl (C=O) groups excluding carboxylic acids is 2. The molecule has 2 aliphatic rings. The van der Waals surface area contributed by atoms with Crippen LogP contribution in [0.5, 0.6) is 5.75 Å². The molecule has 2 unspecified atom stereocenters. The minimum Gasteiger partial charge on any atom is -0.465 e. The lowest BCUT2D eigenvalue weighted by Gasteiger charge is -2.39. The summed E-state index contributed by atoms with van der Waals surface area (Å²) in [5.41, 5.74) is 1.20. The van der Waals surface area contributed by atoms with Gasteiger partial charge in [0.1, 0.15) is 11.2 Å². The van der Waals surface area contributed by atoms with Gasteiger partial charge in [-0.25, -0.2) is 0 Å². The lowest BCUT2D eigenvalue weighted by Crippen LogP contribution is -2.58. The van der Waals surface area contributed by atoms with Gasteiger partial charge in [0.25, 0.3) is 5.56 Å². The minimum atomic E-state index is -1.79. The van der Waals surface area contributed by atoms with E-state index in [2.05, 4.69) is 4.98 Å². The number of H-pyrrole nitrogens is 1. The van der Waals surface area contributed by atoms with Gasteiger partial charge in [-0.05, 0) is 38.0 Å². The van der Waals surface area contributed by atoms with Gasteiger partial charge < -0.3 is 19.4 Å². The Morgan fingerprint density at radius 1 is 1.14 bits per heavy atom. The van der Waals surface area contributed by atoms with Crippen molar-refractivity contribution in [1.82, 2.24) is 4.98 Å². The van der Waals surface area contributed by atoms with Crippen LogP contribution < -0.4 is 15.2 Å². The Balaban J connectivity index is 1.81. The summed E-state index contributed by atoms with van der Waals surface area (Å²) in [7, 11) is 0. The van der Waals surface area contributed by atoms with Crippen molar-refractivity contribution < 1.29 is 19.1 Å². The number of benzene rings is 2. The maximum atomic E-state index is 14.5. The number of ether oxygens (including phenoxy) is 2. The van der Waals surface area contributed by atoms with Gasteiger partial charge in [0.05, 0.1) is 18.7 Å². The van der Waals surface area contributed by atoms with Crippen LogP contribution in [0.1, 0.15) is 34.9 Å². The largest absolute Gasteiger partial charge is 0.465 e. The average molecular weight is 472 g/mol. The molecule has 1 spiro atoms. The predicted molar refractivity (Wildman–Crippen MR) is 130 cm³/mol. The molecule has 0 bridgehead atoms. The van der Waals surface area contributed by atoms with Gasteiger partial charge in [0.2, 0.25) is 11.8 Å². The van der Waals surface area contributed by atoms with Crippen LogP contribution in [0, 0.1) is 25.2 Å². The number of rotatable bonds is 4. The molecule has 2 atom stereocenters. The van der Waals surface area contributed by atoms with Gasteiger partial charge in [0, 0.05) is 17.4 Å². The Hall–Kier alpha value is -4.20. The molecule has 0 aliphatic carbocycles. The van der Waals surface area contributed by atoms with Crippen LogP contribution in [0.3, 0.4) is 0 Å². The van der Waals surface area contributed by atoms with Crippen LogP contribution in [0.25, 0.3) is 0 Å². The van der Waals surface area contributed by atoms with E-state index in [9.17, 15) is 14.4 Å². The Labute approximate surface area is 202 Å². The second-order valence-electron chi connectivity index (χ2n) is 8.88. The predicted octanol–water partition coefficient (Wildman–Crippen LogP) is 3.37. The van der Waals surface area contributed by atoms with E-state index >= 15 is 0 Å². The summed E-state index contributed by atoms with van der Waals surface area (Å²) in [6.07, 6.45) is 0. The third kappa shape index (κ3) is 3.28. The second kappa shape index (κ2) is 8.23. The van der Waals surface area contributed by atoms with Gasteiger partial charge in [-0.2, -0.15) is 0 Å². The molecule has 0 radical (unpaired) electrons. The summed E-state index contributed by atoms with van der Waals surface area (Å²) in [6, 6.07) is 16.5. The van der Waals surface area contributed by atoms with E-state index in [0.717, 1.165) is 11.1 Å². The number of hydrogen-bond acceptors (Lipinski definition) is 6. The molecule has 35 heavy (non-hydrogen) atoms. The topological polar surface area (TPSA) is 113 Å². The SMILES string of the molecule is CCOC(=O)C1C(=N)Oc2cc(C)[nH]c(=O)c2C12C(=O)N(Cc1cccc(C)c1)c1ccccc12. The Bertz CT molecular complexity index is 1440. The Morgan fingerprint density at radius 3 is 2.66 bits per heavy atom. The summed E-state index contributed by atoms with van der Waals surface area (Å²) in [4.78, 5) is 45.5. The molecular weight excluding hydrogens is 446 g/mol. The monoisotopic (exact) mass is 471 g/mol. The fraction of sp³-hybridized carbons (Fsp3) is 0.259. The quantitative estimate of drug-likeness (QED) is 0.567. The van der Waals surface area contributed by atoms with E-state index in [-0.39, 0.29) is 24.5 Å². The van der Waals surface area contributed by atoms with Crippen LogP contribution in [-0.2, 0) is 26.3 Å². The minimum absolute atomic E-state index is 0.0151. The molecule has 3 aromatic rings. The number of carbonyl (C=O) groups is 2. The standard InChI is InChI=1S/C27H25N3O5/c1-4-34-25(32)22-23(28)35-20-13-16(3)29-24(31)21(20)27(22)18-10-5-6-11-19(18)30(26(27)33)14-17-9-7-8-15(2)12-17/h5-13,22,28H,4,14H2,1-3H3,(H,29,31). The smallest absolute Gasteiger partial charge is 0.320 e. The maximum absolute atomic E-state index is 14.5. The van der Waals surface area contributed by atoms with Crippen molar-refractivity contribution in [2.45, 2.75) is 32.7 Å². The molecular formula is C27H25N3O5. The summed E-state index contributed by atoms with van der Waals surface area (Å²) in [5, 5.41) is 8.66. The van der Waals surface area contributed by atoms with E-state index in [4.69, 9.17) is 14.9 Å². The molecule has 1 aromatic heterocycles. The first-order valence-electron chi connectivity index (χ1n) is 11.4. The normalized spacial score (nSPS) is 20.4. The number of nitrogens with one attached hydrogen (secondary N) is 2. The average Bonchev–Trinajstić information content (AvgIpc) is 3.02. The van der Waals surface area contributed by atoms with Crippen LogP contribution in [0.4, 0.5) is 5.69 Å². The highest BCUT2D eigenvalue weighted by molar-refractivity contribution is 6.18. The molecule has 178 valence electrons. The zero-order valence-electron chi connectivity index (χ0n) is 19.7. The number of anilines is 1. The Morgan fingerprint density at radius 2 is 1.91 bits per heavy atom. The van der Waals surface area contributed by atoms with Crippen LogP contribution >= 0.6 is 0 Å². The number of hydrogen-bond donors (Lipinski definition) is 2. The third-order valence-corrected chi connectivity index (χ3v) is 6.59. The molecule has 2 N–H and O–H groups in total. The van der Waals surface area contributed by atoms with Crippen LogP contribution in [-0.4, -0.2) is 29.4 Å². The second-order valence-corrected chi connectivity index (χ2v) is 8.88. The van der Waals surface area contributed by atoms with Gasteiger partial charge in [-0.1, -0.05) is 48.0 Å². The summed E-state index contributed by atoms with van der Waals surface area (Å²) >= 11 is 0. The van der Waals surface area contributed by atoms with Gasteiger partial charge >= 0.3 is 5.97 Å². The highest BCUT2D eigenvalue weighted by Gasteiger charge is 2.65. The number of amides is 1. The number of aryl methyl sites for hydroxylation is 2.